The van der Waals surface area contributed by atoms with Crippen molar-refractivity contribution in [2.75, 3.05) is 11.1 Å². The number of hydrogen-bond donors (Lipinski definition) is 1. The lowest BCUT2D eigenvalue weighted by Crippen LogP contribution is -2.39. The molecule has 96 valence electrons. The molecule has 1 fully saturated rings. The topological polar surface area (TPSA) is 29.1 Å². The number of fused-ring (bicyclic) bond motifs is 1. The lowest BCUT2D eigenvalue weighted by molar-refractivity contribution is -0.126. The quantitative estimate of drug-likeness (QED) is 0.765. The number of carbonyl (C=O) groups is 1. The Morgan fingerprint density at radius 1 is 1.22 bits per heavy atom. The zero-order valence-electron chi connectivity index (χ0n) is 10.8. The lowest BCUT2D eigenvalue weighted by Gasteiger charge is -2.33. The fourth-order valence-corrected chi connectivity index (χ4v) is 4.48. The van der Waals surface area contributed by atoms with Gasteiger partial charge in [0.2, 0.25) is 5.91 Å². The Labute approximate surface area is 113 Å². The van der Waals surface area contributed by atoms with Gasteiger partial charge in [0.1, 0.15) is 0 Å². The van der Waals surface area contributed by atoms with Gasteiger partial charge in [-0.2, -0.15) is 0 Å². The molecule has 0 saturated heterocycles. The minimum Gasteiger partial charge on any atom is -0.325 e. The highest BCUT2D eigenvalue weighted by molar-refractivity contribution is 7.99. The van der Waals surface area contributed by atoms with Crippen molar-refractivity contribution < 1.29 is 4.79 Å². The molecule has 1 amide bonds. The first-order chi connectivity index (χ1) is 8.71. The van der Waals surface area contributed by atoms with Crippen molar-refractivity contribution in [3.8, 4) is 0 Å². The maximum Gasteiger partial charge on any atom is 0.231 e. The number of amides is 1. The van der Waals surface area contributed by atoms with E-state index < -0.39 is 0 Å². The summed E-state index contributed by atoms with van der Waals surface area (Å²) in [5.41, 5.74) is 2.16. The second-order valence-electron chi connectivity index (χ2n) is 5.54. The van der Waals surface area contributed by atoms with E-state index in [1.807, 2.05) is 23.9 Å². The van der Waals surface area contributed by atoms with E-state index in [1.165, 1.54) is 29.7 Å². The maximum absolute atomic E-state index is 12.5. The fraction of sp³-hybridized carbons (Fsp3) is 0.533. The molecule has 18 heavy (non-hydrogen) atoms. The average Bonchev–Trinajstić information content (AvgIpc) is 2.51. The summed E-state index contributed by atoms with van der Waals surface area (Å²) in [5, 5.41) is 3.16. The number of rotatable bonds is 0. The maximum atomic E-state index is 12.5. The Bertz CT molecular complexity index is 477. The van der Waals surface area contributed by atoms with E-state index in [1.54, 1.807) is 0 Å². The summed E-state index contributed by atoms with van der Waals surface area (Å²) < 4.78 is 0. The van der Waals surface area contributed by atoms with Crippen molar-refractivity contribution in [1.29, 1.82) is 0 Å². The molecule has 1 aliphatic heterocycles. The zero-order valence-corrected chi connectivity index (χ0v) is 11.6. The van der Waals surface area contributed by atoms with Gasteiger partial charge in [-0.25, -0.2) is 0 Å². The van der Waals surface area contributed by atoms with E-state index >= 15 is 0 Å². The minimum atomic E-state index is -0.117. The van der Waals surface area contributed by atoms with Crippen LogP contribution in [0.25, 0.3) is 0 Å². The Hall–Kier alpha value is -0.960. The molecule has 0 atom stereocenters. The van der Waals surface area contributed by atoms with Gasteiger partial charge >= 0.3 is 0 Å². The van der Waals surface area contributed by atoms with Gasteiger partial charge in [0.05, 0.1) is 11.1 Å². The molecule has 0 aromatic heterocycles. The highest BCUT2D eigenvalue weighted by atomic mass is 32.2. The number of anilines is 1. The standard InChI is InChI=1S/C15H19NOS/c1-11-6-5-7-12-13(11)18-10-15(14(17)16-12)8-3-2-4-9-15/h5-7H,2-4,8-10H2,1H3,(H,16,17). The second-order valence-corrected chi connectivity index (χ2v) is 6.52. The summed E-state index contributed by atoms with van der Waals surface area (Å²) in [4.78, 5) is 13.8. The SMILES string of the molecule is Cc1cccc2c1SCC1(CCCCC1)C(=O)N2. The van der Waals surface area contributed by atoms with Crippen LogP contribution in [0.5, 0.6) is 0 Å². The van der Waals surface area contributed by atoms with E-state index in [0.29, 0.717) is 0 Å². The van der Waals surface area contributed by atoms with Crippen LogP contribution in [0.4, 0.5) is 5.69 Å². The van der Waals surface area contributed by atoms with Gasteiger partial charge < -0.3 is 5.32 Å². The Morgan fingerprint density at radius 2 is 2.00 bits per heavy atom. The molecular formula is C15H19NOS. The number of nitrogens with one attached hydrogen (secondary N) is 1. The second kappa shape index (κ2) is 4.61. The van der Waals surface area contributed by atoms with Gasteiger partial charge in [-0.15, -0.1) is 11.8 Å². The third-order valence-corrected chi connectivity index (χ3v) is 5.77. The molecule has 2 aliphatic rings. The first-order valence-corrected chi connectivity index (χ1v) is 7.74. The predicted molar refractivity (Wildman–Crippen MR) is 76.1 cm³/mol. The van der Waals surface area contributed by atoms with Gasteiger partial charge in [-0.3, -0.25) is 4.79 Å². The Balaban J connectivity index is 1.95. The summed E-state index contributed by atoms with van der Waals surface area (Å²) >= 11 is 1.86. The normalized spacial score (nSPS) is 22.2. The highest BCUT2D eigenvalue weighted by Crippen LogP contribution is 2.46. The van der Waals surface area contributed by atoms with Crippen LogP contribution in [0.3, 0.4) is 0 Å². The van der Waals surface area contributed by atoms with Crippen LogP contribution in [-0.2, 0) is 4.79 Å². The van der Waals surface area contributed by atoms with Crippen LogP contribution in [0.2, 0.25) is 0 Å². The number of thioether (sulfide) groups is 1. The van der Waals surface area contributed by atoms with Crippen LogP contribution in [-0.4, -0.2) is 11.7 Å². The number of carbonyl (C=O) groups excluding carboxylic acids is 1. The smallest absolute Gasteiger partial charge is 0.231 e. The van der Waals surface area contributed by atoms with E-state index in [-0.39, 0.29) is 11.3 Å². The minimum absolute atomic E-state index is 0.117. The average molecular weight is 261 g/mol. The molecule has 1 N–H and O–H groups in total. The first kappa shape index (κ1) is 12.1. The van der Waals surface area contributed by atoms with Crippen LogP contribution in [0, 0.1) is 12.3 Å². The summed E-state index contributed by atoms with van der Waals surface area (Å²) in [6, 6.07) is 6.17. The van der Waals surface area contributed by atoms with Gasteiger partial charge in [0.25, 0.3) is 0 Å². The van der Waals surface area contributed by atoms with Crippen LogP contribution in [0.1, 0.15) is 37.7 Å². The Kier molecular flexibility index (Phi) is 3.10. The fourth-order valence-electron chi connectivity index (χ4n) is 3.07. The molecule has 1 heterocycles. The molecule has 0 unspecified atom stereocenters. The Morgan fingerprint density at radius 3 is 2.78 bits per heavy atom. The molecule has 0 radical (unpaired) electrons. The van der Waals surface area contributed by atoms with E-state index in [2.05, 4.69) is 18.3 Å². The van der Waals surface area contributed by atoms with Crippen molar-refractivity contribution in [1.82, 2.24) is 0 Å². The van der Waals surface area contributed by atoms with E-state index in [4.69, 9.17) is 0 Å². The molecule has 1 aliphatic carbocycles. The third kappa shape index (κ3) is 1.95. The molecule has 1 aromatic carbocycles. The van der Waals surface area contributed by atoms with Crippen LogP contribution < -0.4 is 5.32 Å². The molecule has 2 nitrogen and oxygen atoms in total. The third-order valence-electron chi connectivity index (χ3n) is 4.25. The zero-order chi connectivity index (χ0) is 12.6. The molecule has 1 saturated carbocycles. The first-order valence-electron chi connectivity index (χ1n) is 6.75. The highest BCUT2D eigenvalue weighted by Gasteiger charge is 2.41. The summed E-state index contributed by atoms with van der Waals surface area (Å²) in [5.74, 6) is 1.19. The number of aryl methyl sites for hydroxylation is 1. The monoisotopic (exact) mass is 261 g/mol. The van der Waals surface area contributed by atoms with Crippen molar-refractivity contribution in [3.63, 3.8) is 0 Å². The van der Waals surface area contributed by atoms with Crippen LogP contribution in [0.15, 0.2) is 23.1 Å². The van der Waals surface area contributed by atoms with E-state index in [0.717, 1.165) is 24.3 Å². The summed E-state index contributed by atoms with van der Waals surface area (Å²) in [7, 11) is 0. The number of hydrogen-bond acceptors (Lipinski definition) is 2. The van der Waals surface area contributed by atoms with Crippen molar-refractivity contribution in [3.05, 3.63) is 23.8 Å². The largest absolute Gasteiger partial charge is 0.325 e. The molecular weight excluding hydrogens is 242 g/mol. The van der Waals surface area contributed by atoms with Crippen molar-refractivity contribution in [2.24, 2.45) is 5.41 Å². The van der Waals surface area contributed by atoms with Gasteiger partial charge in [-0.05, 0) is 31.4 Å². The van der Waals surface area contributed by atoms with Crippen LogP contribution >= 0.6 is 11.8 Å². The van der Waals surface area contributed by atoms with Crippen molar-refractivity contribution >= 4 is 23.4 Å². The lowest BCUT2D eigenvalue weighted by atomic mass is 9.75. The van der Waals surface area contributed by atoms with E-state index in [9.17, 15) is 4.79 Å². The molecule has 1 spiro atoms. The summed E-state index contributed by atoms with van der Waals surface area (Å²) in [6.07, 6.45) is 5.79. The number of benzene rings is 1. The molecule has 3 rings (SSSR count). The predicted octanol–water partition coefficient (Wildman–Crippen LogP) is 3.99. The molecule has 0 bridgehead atoms. The van der Waals surface area contributed by atoms with Gasteiger partial charge in [0, 0.05) is 10.6 Å². The molecule has 1 aromatic rings. The van der Waals surface area contributed by atoms with Crippen molar-refractivity contribution in [2.45, 2.75) is 43.9 Å². The van der Waals surface area contributed by atoms with Gasteiger partial charge in [-0.1, -0.05) is 31.4 Å². The molecule has 3 heteroatoms. The van der Waals surface area contributed by atoms with Gasteiger partial charge in [0.15, 0.2) is 0 Å². The summed E-state index contributed by atoms with van der Waals surface area (Å²) in [6.45, 7) is 2.12.